The van der Waals surface area contributed by atoms with Crippen LogP contribution >= 0.6 is 11.6 Å². The van der Waals surface area contributed by atoms with Crippen molar-refractivity contribution in [3.63, 3.8) is 0 Å². The van der Waals surface area contributed by atoms with Gasteiger partial charge in [-0.25, -0.2) is 4.98 Å². The van der Waals surface area contributed by atoms with Crippen molar-refractivity contribution in [3.8, 4) is 0 Å². The standard InChI is InChI=1S/C18H23ClN4O2/c1-12(2)18(25)22-7-5-13(6-8-22)17(24)20-9-15-11-23-10-14(19)3-4-16(23)21-15/h3-4,10-13H,5-9H2,1-2H3,(H,20,24). The molecule has 0 spiro atoms. The molecule has 1 N–H and O–H groups in total. The number of amides is 2. The second-order valence-electron chi connectivity index (χ2n) is 6.82. The highest BCUT2D eigenvalue weighted by Gasteiger charge is 2.28. The number of hydrogen-bond acceptors (Lipinski definition) is 3. The van der Waals surface area contributed by atoms with Crippen LogP contribution in [0.3, 0.4) is 0 Å². The van der Waals surface area contributed by atoms with E-state index in [0.29, 0.717) is 37.5 Å². The number of carbonyl (C=O) groups is 2. The van der Waals surface area contributed by atoms with E-state index in [9.17, 15) is 9.59 Å². The number of hydrogen-bond donors (Lipinski definition) is 1. The van der Waals surface area contributed by atoms with E-state index in [-0.39, 0.29) is 23.7 Å². The normalized spacial score (nSPS) is 15.8. The summed E-state index contributed by atoms with van der Waals surface area (Å²) < 4.78 is 1.85. The van der Waals surface area contributed by atoms with Crippen LogP contribution < -0.4 is 5.32 Å². The van der Waals surface area contributed by atoms with E-state index >= 15 is 0 Å². The van der Waals surface area contributed by atoms with Gasteiger partial charge in [-0.1, -0.05) is 25.4 Å². The third-order valence-electron chi connectivity index (χ3n) is 4.58. The number of likely N-dealkylation sites (tertiary alicyclic amines) is 1. The molecular formula is C18H23ClN4O2. The van der Waals surface area contributed by atoms with Gasteiger partial charge < -0.3 is 14.6 Å². The van der Waals surface area contributed by atoms with Crippen molar-refractivity contribution in [1.29, 1.82) is 0 Å². The number of nitrogens with zero attached hydrogens (tertiary/aromatic N) is 3. The molecule has 2 aromatic rings. The molecule has 7 heteroatoms. The molecule has 2 amide bonds. The first kappa shape index (κ1) is 17.7. The number of aromatic nitrogens is 2. The van der Waals surface area contributed by atoms with Crippen molar-refractivity contribution in [1.82, 2.24) is 19.6 Å². The predicted octanol–water partition coefficient (Wildman–Crippen LogP) is 2.50. The molecule has 0 unspecified atom stereocenters. The largest absolute Gasteiger partial charge is 0.350 e. The fourth-order valence-electron chi connectivity index (χ4n) is 3.15. The minimum Gasteiger partial charge on any atom is -0.350 e. The Morgan fingerprint density at radius 3 is 2.68 bits per heavy atom. The molecule has 1 fully saturated rings. The van der Waals surface area contributed by atoms with Gasteiger partial charge in [-0.2, -0.15) is 0 Å². The zero-order chi connectivity index (χ0) is 18.0. The second kappa shape index (κ2) is 7.44. The monoisotopic (exact) mass is 362 g/mol. The first-order valence-electron chi connectivity index (χ1n) is 8.63. The van der Waals surface area contributed by atoms with Gasteiger partial charge in [-0.15, -0.1) is 0 Å². The van der Waals surface area contributed by atoms with Crippen molar-refractivity contribution >= 4 is 29.1 Å². The van der Waals surface area contributed by atoms with Crippen LogP contribution in [0.5, 0.6) is 0 Å². The van der Waals surface area contributed by atoms with Crippen LogP contribution in [0.4, 0.5) is 0 Å². The molecule has 0 aromatic carbocycles. The van der Waals surface area contributed by atoms with Gasteiger partial charge in [0.1, 0.15) is 5.65 Å². The van der Waals surface area contributed by atoms with Crippen LogP contribution in [0, 0.1) is 11.8 Å². The number of nitrogens with one attached hydrogen (secondary N) is 1. The molecule has 6 nitrogen and oxygen atoms in total. The first-order chi connectivity index (χ1) is 11.9. The molecule has 0 aliphatic carbocycles. The third kappa shape index (κ3) is 4.12. The van der Waals surface area contributed by atoms with E-state index in [1.165, 1.54) is 0 Å². The summed E-state index contributed by atoms with van der Waals surface area (Å²) in [5.74, 6) is 0.172. The average Bonchev–Trinajstić information content (AvgIpc) is 3.01. The Kier molecular flexibility index (Phi) is 5.27. The highest BCUT2D eigenvalue weighted by molar-refractivity contribution is 6.30. The first-order valence-corrected chi connectivity index (χ1v) is 9.01. The van der Waals surface area contributed by atoms with Crippen LogP contribution in [0.1, 0.15) is 32.4 Å². The van der Waals surface area contributed by atoms with E-state index < -0.39 is 0 Å². The lowest BCUT2D eigenvalue weighted by Gasteiger charge is -2.32. The van der Waals surface area contributed by atoms with Crippen LogP contribution in [-0.4, -0.2) is 39.2 Å². The molecule has 25 heavy (non-hydrogen) atoms. The summed E-state index contributed by atoms with van der Waals surface area (Å²) in [6, 6.07) is 3.63. The van der Waals surface area contributed by atoms with E-state index in [1.54, 1.807) is 12.3 Å². The second-order valence-corrected chi connectivity index (χ2v) is 7.25. The Morgan fingerprint density at radius 1 is 1.28 bits per heavy atom. The Morgan fingerprint density at radius 2 is 2.00 bits per heavy atom. The Balaban J connectivity index is 1.52. The van der Waals surface area contributed by atoms with E-state index in [4.69, 9.17) is 11.6 Å². The Labute approximate surface area is 152 Å². The summed E-state index contributed by atoms with van der Waals surface area (Å²) >= 11 is 5.96. The van der Waals surface area contributed by atoms with Gasteiger partial charge in [-0.05, 0) is 25.0 Å². The van der Waals surface area contributed by atoms with Crippen molar-refractivity contribution in [2.45, 2.75) is 33.2 Å². The number of fused-ring (bicyclic) bond motifs is 1. The lowest BCUT2D eigenvalue weighted by molar-refractivity contribution is -0.138. The fourth-order valence-corrected chi connectivity index (χ4v) is 3.32. The van der Waals surface area contributed by atoms with Crippen LogP contribution in [0.25, 0.3) is 5.65 Å². The van der Waals surface area contributed by atoms with E-state index in [2.05, 4.69) is 10.3 Å². The number of imidazole rings is 1. The summed E-state index contributed by atoms with van der Waals surface area (Å²) in [6.45, 7) is 5.51. The number of pyridine rings is 1. The van der Waals surface area contributed by atoms with Crippen LogP contribution in [0.15, 0.2) is 24.5 Å². The van der Waals surface area contributed by atoms with Gasteiger partial charge in [0.2, 0.25) is 11.8 Å². The van der Waals surface area contributed by atoms with Gasteiger partial charge in [0.05, 0.1) is 17.3 Å². The highest BCUT2D eigenvalue weighted by Crippen LogP contribution is 2.19. The summed E-state index contributed by atoms with van der Waals surface area (Å²) in [7, 11) is 0. The van der Waals surface area contributed by atoms with Crippen molar-refractivity contribution in [3.05, 3.63) is 35.2 Å². The summed E-state index contributed by atoms with van der Waals surface area (Å²) in [5.41, 5.74) is 1.59. The number of carbonyl (C=O) groups excluding carboxylic acids is 2. The molecule has 3 heterocycles. The van der Waals surface area contributed by atoms with Gasteiger partial charge in [0, 0.05) is 37.3 Å². The van der Waals surface area contributed by atoms with Gasteiger partial charge in [-0.3, -0.25) is 9.59 Å². The lowest BCUT2D eigenvalue weighted by Crippen LogP contribution is -2.44. The van der Waals surface area contributed by atoms with Crippen molar-refractivity contribution in [2.24, 2.45) is 11.8 Å². The highest BCUT2D eigenvalue weighted by atomic mass is 35.5. The van der Waals surface area contributed by atoms with E-state index in [1.807, 2.05) is 35.4 Å². The zero-order valence-corrected chi connectivity index (χ0v) is 15.3. The predicted molar refractivity (Wildman–Crippen MR) is 96.2 cm³/mol. The molecule has 3 rings (SSSR count). The maximum Gasteiger partial charge on any atom is 0.225 e. The molecule has 1 saturated heterocycles. The Bertz CT molecular complexity index is 778. The Hall–Kier alpha value is -2.08. The SMILES string of the molecule is CC(C)C(=O)N1CCC(C(=O)NCc2cn3cc(Cl)ccc3n2)CC1. The molecular weight excluding hydrogens is 340 g/mol. The zero-order valence-electron chi connectivity index (χ0n) is 14.5. The molecule has 1 aliphatic heterocycles. The molecule has 0 bridgehead atoms. The quantitative estimate of drug-likeness (QED) is 0.908. The number of rotatable bonds is 4. The van der Waals surface area contributed by atoms with E-state index in [0.717, 1.165) is 11.3 Å². The molecule has 0 atom stereocenters. The molecule has 0 saturated carbocycles. The smallest absolute Gasteiger partial charge is 0.225 e. The van der Waals surface area contributed by atoms with Gasteiger partial charge >= 0.3 is 0 Å². The van der Waals surface area contributed by atoms with Gasteiger partial charge in [0.15, 0.2) is 0 Å². The number of halogens is 1. The summed E-state index contributed by atoms with van der Waals surface area (Å²) in [4.78, 5) is 30.7. The topological polar surface area (TPSA) is 66.7 Å². The van der Waals surface area contributed by atoms with Crippen molar-refractivity contribution in [2.75, 3.05) is 13.1 Å². The van der Waals surface area contributed by atoms with Crippen molar-refractivity contribution < 1.29 is 9.59 Å². The van der Waals surface area contributed by atoms with Crippen LogP contribution in [-0.2, 0) is 16.1 Å². The molecule has 134 valence electrons. The van der Waals surface area contributed by atoms with Gasteiger partial charge in [0.25, 0.3) is 0 Å². The molecule has 0 radical (unpaired) electrons. The van der Waals surface area contributed by atoms with Crippen LogP contribution in [0.2, 0.25) is 5.02 Å². The minimum atomic E-state index is -0.0392. The average molecular weight is 363 g/mol. The molecule has 2 aromatic heterocycles. The maximum atomic E-state index is 12.4. The fraction of sp³-hybridized carbons (Fsp3) is 0.500. The maximum absolute atomic E-state index is 12.4. The minimum absolute atomic E-state index is 0.00827. The lowest BCUT2D eigenvalue weighted by atomic mass is 9.95. The summed E-state index contributed by atoms with van der Waals surface area (Å²) in [6.07, 6.45) is 5.08. The molecule has 1 aliphatic rings. The summed E-state index contributed by atoms with van der Waals surface area (Å²) in [5, 5.41) is 3.60. The third-order valence-corrected chi connectivity index (χ3v) is 4.80. The number of piperidine rings is 1.